The number of carbonyl (C=O) groups excluding carboxylic acids is 2. The summed E-state index contributed by atoms with van der Waals surface area (Å²) in [7, 11) is 0. The molecule has 19 heavy (non-hydrogen) atoms. The summed E-state index contributed by atoms with van der Waals surface area (Å²) in [4.78, 5) is 25.1. The van der Waals surface area contributed by atoms with Crippen LogP contribution in [0.5, 0.6) is 0 Å². The van der Waals surface area contributed by atoms with E-state index in [1.54, 1.807) is 11.8 Å². The lowest BCUT2D eigenvalue weighted by atomic mass is 10.1. The third kappa shape index (κ3) is 2.10. The van der Waals surface area contributed by atoms with E-state index in [2.05, 4.69) is 5.32 Å². The number of nitrogens with two attached hydrogens (primary N) is 1. The lowest BCUT2D eigenvalue weighted by Crippen LogP contribution is -2.37. The Morgan fingerprint density at radius 2 is 2.11 bits per heavy atom. The summed E-state index contributed by atoms with van der Waals surface area (Å²) in [6.45, 7) is 2.28. The number of hydrogen-bond donors (Lipinski definition) is 2. The van der Waals surface area contributed by atoms with Crippen molar-refractivity contribution in [3.05, 3.63) is 23.8 Å². The minimum absolute atomic E-state index is 0.0504. The predicted octanol–water partition coefficient (Wildman–Crippen LogP) is 1.03. The zero-order chi connectivity index (χ0) is 13.6. The summed E-state index contributed by atoms with van der Waals surface area (Å²) in [5.74, 6) is -0.0664. The zero-order valence-electron chi connectivity index (χ0n) is 10.9. The van der Waals surface area contributed by atoms with Crippen molar-refractivity contribution in [2.24, 2.45) is 5.73 Å². The van der Waals surface area contributed by atoms with Gasteiger partial charge < -0.3 is 16.0 Å². The highest BCUT2D eigenvalue weighted by atomic mass is 16.2. The molecule has 1 aliphatic heterocycles. The number of nitrogens with zero attached hydrogens (tertiary/aromatic N) is 1. The first-order valence-electron chi connectivity index (χ1n) is 6.51. The summed E-state index contributed by atoms with van der Waals surface area (Å²) in [6.07, 6.45) is 2.33. The molecule has 5 heteroatoms. The first-order chi connectivity index (χ1) is 8.99. The second-order valence-electron chi connectivity index (χ2n) is 5.37. The number of hydrogen-bond acceptors (Lipinski definition) is 3. The van der Waals surface area contributed by atoms with Gasteiger partial charge in [0.2, 0.25) is 11.8 Å². The lowest BCUT2D eigenvalue weighted by Gasteiger charge is -2.15. The molecule has 2 aliphatic rings. The Labute approximate surface area is 111 Å². The molecule has 2 amide bonds. The number of rotatable bonds is 2. The Kier molecular flexibility index (Phi) is 2.60. The number of fused-ring (bicyclic) bond motifs is 1. The minimum Gasteiger partial charge on any atom is -0.324 e. The van der Waals surface area contributed by atoms with E-state index in [-0.39, 0.29) is 11.8 Å². The van der Waals surface area contributed by atoms with E-state index in [0.29, 0.717) is 6.54 Å². The van der Waals surface area contributed by atoms with Crippen LogP contribution in [0.15, 0.2) is 18.2 Å². The molecule has 3 rings (SSSR count). The van der Waals surface area contributed by atoms with Gasteiger partial charge in [-0.2, -0.15) is 0 Å². The fourth-order valence-corrected chi connectivity index (χ4v) is 2.42. The van der Waals surface area contributed by atoms with E-state index in [4.69, 9.17) is 5.73 Å². The topological polar surface area (TPSA) is 75.4 Å². The molecule has 1 saturated carbocycles. The fourth-order valence-electron chi connectivity index (χ4n) is 2.42. The average Bonchev–Trinajstić information content (AvgIpc) is 2.98. The van der Waals surface area contributed by atoms with Crippen molar-refractivity contribution < 1.29 is 9.59 Å². The molecule has 0 radical (unpaired) electrons. The van der Waals surface area contributed by atoms with Crippen molar-refractivity contribution in [2.75, 3.05) is 16.8 Å². The molecule has 1 aromatic rings. The first-order valence-corrected chi connectivity index (χ1v) is 6.51. The summed E-state index contributed by atoms with van der Waals surface area (Å²) in [6, 6.07) is 5.64. The molecule has 1 heterocycles. The van der Waals surface area contributed by atoms with Crippen LogP contribution in [0, 0.1) is 0 Å². The molecule has 3 N–H and O–H groups in total. The van der Waals surface area contributed by atoms with Crippen LogP contribution in [-0.4, -0.2) is 23.9 Å². The lowest BCUT2D eigenvalue weighted by molar-refractivity contribution is -0.118. The van der Waals surface area contributed by atoms with Gasteiger partial charge in [-0.15, -0.1) is 0 Å². The molecular weight excluding hydrogens is 242 g/mol. The second kappa shape index (κ2) is 4.06. The normalized spacial score (nSPS) is 18.9. The monoisotopic (exact) mass is 259 g/mol. The van der Waals surface area contributed by atoms with Gasteiger partial charge in [-0.05, 0) is 43.0 Å². The SMILES string of the molecule is CC(=O)N1CCc2cc(NC(=O)C3(N)CC3)ccc21. The summed E-state index contributed by atoms with van der Waals surface area (Å²) >= 11 is 0. The van der Waals surface area contributed by atoms with E-state index in [1.165, 1.54) is 0 Å². The second-order valence-corrected chi connectivity index (χ2v) is 5.37. The molecule has 0 unspecified atom stereocenters. The molecule has 0 aromatic heterocycles. The standard InChI is InChI=1S/C14H17N3O2/c1-9(18)17-7-4-10-8-11(2-3-12(10)17)16-13(19)14(15)5-6-14/h2-3,8H,4-7,15H2,1H3,(H,16,19). The molecule has 1 aliphatic carbocycles. The van der Waals surface area contributed by atoms with E-state index in [9.17, 15) is 9.59 Å². The van der Waals surface area contributed by atoms with E-state index in [1.807, 2.05) is 18.2 Å². The Morgan fingerprint density at radius 3 is 2.74 bits per heavy atom. The van der Waals surface area contributed by atoms with E-state index >= 15 is 0 Å². The van der Waals surface area contributed by atoms with E-state index < -0.39 is 5.54 Å². The quantitative estimate of drug-likeness (QED) is 0.832. The van der Waals surface area contributed by atoms with Gasteiger partial charge in [0.15, 0.2) is 0 Å². The maximum Gasteiger partial charge on any atom is 0.244 e. The molecule has 0 bridgehead atoms. The van der Waals surface area contributed by atoms with Crippen molar-refractivity contribution in [2.45, 2.75) is 31.7 Å². The van der Waals surface area contributed by atoms with Crippen molar-refractivity contribution in [1.82, 2.24) is 0 Å². The Bertz CT molecular complexity index is 564. The van der Waals surface area contributed by atoms with Gasteiger partial charge in [0, 0.05) is 24.8 Å². The van der Waals surface area contributed by atoms with Gasteiger partial charge in [0.1, 0.15) is 0 Å². The number of anilines is 2. The van der Waals surface area contributed by atoms with Gasteiger partial charge in [-0.1, -0.05) is 0 Å². The van der Waals surface area contributed by atoms with Crippen molar-refractivity contribution >= 4 is 23.2 Å². The van der Waals surface area contributed by atoms with Crippen LogP contribution >= 0.6 is 0 Å². The van der Waals surface area contributed by atoms with Gasteiger partial charge >= 0.3 is 0 Å². The number of benzene rings is 1. The van der Waals surface area contributed by atoms with Crippen LogP contribution in [0.3, 0.4) is 0 Å². The fraction of sp³-hybridized carbons (Fsp3) is 0.429. The summed E-state index contributed by atoms with van der Waals surface area (Å²) in [5.41, 5.74) is 7.98. The maximum atomic E-state index is 11.9. The number of carbonyl (C=O) groups is 2. The molecule has 100 valence electrons. The smallest absolute Gasteiger partial charge is 0.244 e. The van der Waals surface area contributed by atoms with Crippen LogP contribution < -0.4 is 16.0 Å². The molecule has 1 aromatic carbocycles. The third-order valence-corrected chi connectivity index (χ3v) is 3.85. The van der Waals surface area contributed by atoms with Gasteiger partial charge in [0.25, 0.3) is 0 Å². The highest BCUT2D eigenvalue weighted by molar-refractivity contribution is 6.00. The van der Waals surface area contributed by atoms with Crippen molar-refractivity contribution in [3.8, 4) is 0 Å². The average molecular weight is 259 g/mol. The van der Waals surface area contributed by atoms with Crippen molar-refractivity contribution in [3.63, 3.8) is 0 Å². The Balaban J connectivity index is 1.79. The molecule has 0 saturated heterocycles. The highest BCUT2D eigenvalue weighted by Gasteiger charge is 2.46. The summed E-state index contributed by atoms with van der Waals surface area (Å²) < 4.78 is 0. The zero-order valence-corrected chi connectivity index (χ0v) is 10.9. The van der Waals surface area contributed by atoms with Crippen molar-refractivity contribution in [1.29, 1.82) is 0 Å². The Hall–Kier alpha value is -1.88. The number of amides is 2. The third-order valence-electron chi connectivity index (χ3n) is 3.85. The molecular formula is C14H17N3O2. The highest BCUT2D eigenvalue weighted by Crippen LogP contribution is 2.34. The maximum absolute atomic E-state index is 11.9. The summed E-state index contributed by atoms with van der Waals surface area (Å²) in [5, 5.41) is 2.85. The van der Waals surface area contributed by atoms with Crippen LogP contribution in [-0.2, 0) is 16.0 Å². The Morgan fingerprint density at radius 1 is 1.37 bits per heavy atom. The van der Waals surface area contributed by atoms with Crippen LogP contribution in [0.2, 0.25) is 0 Å². The molecule has 5 nitrogen and oxygen atoms in total. The van der Waals surface area contributed by atoms with Crippen LogP contribution in [0.4, 0.5) is 11.4 Å². The number of nitrogens with one attached hydrogen (secondary N) is 1. The molecule has 0 atom stereocenters. The van der Waals surface area contributed by atoms with Gasteiger partial charge in [0.05, 0.1) is 5.54 Å². The minimum atomic E-state index is -0.662. The molecule has 0 spiro atoms. The van der Waals surface area contributed by atoms with E-state index in [0.717, 1.165) is 36.2 Å². The van der Waals surface area contributed by atoms with Crippen LogP contribution in [0.25, 0.3) is 0 Å². The predicted molar refractivity (Wildman–Crippen MR) is 73.0 cm³/mol. The van der Waals surface area contributed by atoms with Gasteiger partial charge in [-0.3, -0.25) is 9.59 Å². The first kappa shape index (κ1) is 12.2. The van der Waals surface area contributed by atoms with Gasteiger partial charge in [-0.25, -0.2) is 0 Å². The molecule has 1 fully saturated rings. The largest absolute Gasteiger partial charge is 0.324 e. The van der Waals surface area contributed by atoms with Crippen LogP contribution in [0.1, 0.15) is 25.3 Å².